The molecule has 0 radical (unpaired) electrons. The van der Waals surface area contributed by atoms with Crippen LogP contribution in [0.3, 0.4) is 0 Å². The molecule has 17 heavy (non-hydrogen) atoms. The van der Waals surface area contributed by atoms with Crippen molar-refractivity contribution < 1.29 is 19.4 Å². The van der Waals surface area contributed by atoms with Crippen LogP contribution in [0, 0.1) is 0 Å². The predicted octanol–water partition coefficient (Wildman–Crippen LogP) is 0.103. The minimum atomic E-state index is -0.744. The monoisotopic (exact) mass is 244 g/mol. The van der Waals surface area contributed by atoms with Crippen LogP contribution >= 0.6 is 0 Å². The maximum Gasteiger partial charge on any atom is 0.410 e. The van der Waals surface area contributed by atoms with Gasteiger partial charge in [0, 0.05) is 13.5 Å². The molecule has 0 unspecified atom stereocenters. The number of likely N-dealkylation sites (tertiary alicyclic amines) is 1. The van der Waals surface area contributed by atoms with Crippen LogP contribution in [0.25, 0.3) is 0 Å². The largest absolute Gasteiger partial charge is 0.444 e. The number of ether oxygens (including phenoxy) is 1. The van der Waals surface area contributed by atoms with Gasteiger partial charge in [-0.3, -0.25) is 4.79 Å². The van der Waals surface area contributed by atoms with Gasteiger partial charge in [-0.2, -0.15) is 0 Å². The van der Waals surface area contributed by atoms with Gasteiger partial charge in [0.1, 0.15) is 5.60 Å². The van der Waals surface area contributed by atoms with E-state index < -0.39 is 23.8 Å². The normalized spacial score (nSPS) is 24.6. The predicted molar refractivity (Wildman–Crippen MR) is 61.4 cm³/mol. The zero-order chi connectivity index (χ0) is 13.2. The van der Waals surface area contributed by atoms with Crippen molar-refractivity contribution in [2.75, 3.05) is 13.1 Å². The van der Waals surface area contributed by atoms with Crippen LogP contribution in [0.4, 0.5) is 4.79 Å². The fourth-order valence-corrected chi connectivity index (χ4v) is 1.67. The summed E-state index contributed by atoms with van der Waals surface area (Å²) in [4.78, 5) is 24.0. The van der Waals surface area contributed by atoms with Crippen LogP contribution in [0.2, 0.25) is 0 Å². The summed E-state index contributed by atoms with van der Waals surface area (Å²) in [5.74, 6) is -0.222. The Hall–Kier alpha value is -1.30. The van der Waals surface area contributed by atoms with Gasteiger partial charge in [-0.05, 0) is 20.8 Å². The number of aliphatic hydroxyl groups is 1. The molecule has 0 aromatic rings. The first-order chi connectivity index (χ1) is 7.69. The fourth-order valence-electron chi connectivity index (χ4n) is 1.67. The van der Waals surface area contributed by atoms with Crippen LogP contribution in [-0.4, -0.2) is 52.8 Å². The number of carbonyl (C=O) groups excluding carboxylic acids is 2. The van der Waals surface area contributed by atoms with Gasteiger partial charge in [0.05, 0.1) is 18.7 Å². The summed E-state index contributed by atoms with van der Waals surface area (Å²) in [6.07, 6.45) is -1.21. The molecule has 6 heteroatoms. The van der Waals surface area contributed by atoms with Crippen molar-refractivity contribution in [2.45, 2.75) is 45.4 Å². The maximum absolute atomic E-state index is 11.7. The van der Waals surface area contributed by atoms with E-state index in [0.717, 1.165) is 0 Å². The molecule has 0 aliphatic carbocycles. The second-order valence-corrected chi connectivity index (χ2v) is 5.26. The van der Waals surface area contributed by atoms with E-state index in [1.54, 1.807) is 20.8 Å². The lowest BCUT2D eigenvalue weighted by Crippen LogP contribution is -2.42. The molecule has 2 N–H and O–H groups in total. The van der Waals surface area contributed by atoms with Crippen molar-refractivity contribution in [2.24, 2.45) is 0 Å². The Labute approximate surface area is 101 Å². The first kappa shape index (κ1) is 13.8. The molecule has 1 aliphatic rings. The Balaban J connectivity index is 2.53. The van der Waals surface area contributed by atoms with E-state index in [1.807, 2.05) is 0 Å². The SMILES string of the molecule is CC(=O)N[C@H]1CN(C(=O)OC(C)(C)C)C[C@@H]1O. The quantitative estimate of drug-likeness (QED) is 0.686. The molecule has 0 bridgehead atoms. The van der Waals surface area contributed by atoms with Crippen LogP contribution in [-0.2, 0) is 9.53 Å². The minimum absolute atomic E-state index is 0.180. The van der Waals surface area contributed by atoms with Gasteiger partial charge in [0.25, 0.3) is 0 Å². The number of nitrogens with one attached hydrogen (secondary N) is 1. The van der Waals surface area contributed by atoms with Gasteiger partial charge < -0.3 is 20.1 Å². The minimum Gasteiger partial charge on any atom is -0.444 e. The highest BCUT2D eigenvalue weighted by molar-refractivity contribution is 5.74. The summed E-state index contributed by atoms with van der Waals surface area (Å²) in [6, 6.07) is -0.417. The summed E-state index contributed by atoms with van der Waals surface area (Å²) in [6.45, 7) is 7.17. The Morgan fingerprint density at radius 2 is 1.94 bits per heavy atom. The van der Waals surface area contributed by atoms with Gasteiger partial charge in [-0.1, -0.05) is 0 Å². The molecule has 1 aliphatic heterocycles. The van der Waals surface area contributed by atoms with E-state index in [2.05, 4.69) is 5.32 Å². The number of aliphatic hydroxyl groups excluding tert-OH is 1. The van der Waals surface area contributed by atoms with Crippen molar-refractivity contribution in [3.63, 3.8) is 0 Å². The van der Waals surface area contributed by atoms with Gasteiger partial charge in [0.2, 0.25) is 5.91 Å². The van der Waals surface area contributed by atoms with Gasteiger partial charge in [-0.15, -0.1) is 0 Å². The highest BCUT2D eigenvalue weighted by Crippen LogP contribution is 2.15. The summed E-state index contributed by atoms with van der Waals surface area (Å²) in [5.41, 5.74) is -0.561. The Bertz CT molecular complexity index is 311. The second kappa shape index (κ2) is 4.91. The summed E-state index contributed by atoms with van der Waals surface area (Å²) >= 11 is 0. The standard InChI is InChI=1S/C11H20N2O4/c1-7(14)12-8-5-13(6-9(8)15)10(16)17-11(2,3)4/h8-9,15H,5-6H2,1-4H3,(H,12,14)/t8-,9-/m0/s1. The lowest BCUT2D eigenvalue weighted by atomic mass is 10.2. The Morgan fingerprint density at radius 1 is 1.35 bits per heavy atom. The van der Waals surface area contributed by atoms with Crippen molar-refractivity contribution in [3.8, 4) is 0 Å². The van der Waals surface area contributed by atoms with Crippen LogP contribution in [0.5, 0.6) is 0 Å². The maximum atomic E-state index is 11.7. The molecule has 2 amide bonds. The molecule has 0 spiro atoms. The lowest BCUT2D eigenvalue weighted by molar-refractivity contribution is -0.120. The third-order valence-corrected chi connectivity index (χ3v) is 2.33. The molecule has 0 aromatic carbocycles. The molecule has 0 saturated carbocycles. The second-order valence-electron chi connectivity index (χ2n) is 5.26. The van der Waals surface area contributed by atoms with Crippen molar-refractivity contribution in [1.82, 2.24) is 10.2 Å². The summed E-state index contributed by atoms with van der Waals surface area (Å²) in [7, 11) is 0. The third-order valence-electron chi connectivity index (χ3n) is 2.33. The zero-order valence-corrected chi connectivity index (χ0v) is 10.7. The van der Waals surface area contributed by atoms with Gasteiger partial charge in [0.15, 0.2) is 0 Å². The summed E-state index contributed by atoms with van der Waals surface area (Å²) in [5, 5.41) is 12.3. The number of hydrogen-bond acceptors (Lipinski definition) is 4. The van der Waals surface area contributed by atoms with Gasteiger partial charge >= 0.3 is 6.09 Å². The van der Waals surface area contributed by atoms with Crippen molar-refractivity contribution in [1.29, 1.82) is 0 Å². The number of β-amino-alcohol motifs (C(OH)–C–C–N with tert-alkyl or cyclic N) is 1. The molecular formula is C11H20N2O4. The molecule has 1 saturated heterocycles. The topological polar surface area (TPSA) is 78.9 Å². The zero-order valence-electron chi connectivity index (χ0n) is 10.7. The van der Waals surface area contributed by atoms with E-state index in [4.69, 9.17) is 4.74 Å². The molecule has 98 valence electrons. The average molecular weight is 244 g/mol. The van der Waals surface area contributed by atoms with Gasteiger partial charge in [-0.25, -0.2) is 4.79 Å². The molecule has 2 atom stereocenters. The number of rotatable bonds is 1. The van der Waals surface area contributed by atoms with Crippen molar-refractivity contribution in [3.05, 3.63) is 0 Å². The van der Waals surface area contributed by atoms with E-state index in [1.165, 1.54) is 11.8 Å². The molecule has 1 fully saturated rings. The van der Waals surface area contributed by atoms with E-state index >= 15 is 0 Å². The van der Waals surface area contributed by atoms with E-state index in [0.29, 0.717) is 0 Å². The first-order valence-corrected chi connectivity index (χ1v) is 5.62. The molecule has 0 aromatic heterocycles. The number of carbonyl (C=O) groups is 2. The number of amides is 2. The van der Waals surface area contributed by atoms with Crippen molar-refractivity contribution >= 4 is 12.0 Å². The lowest BCUT2D eigenvalue weighted by Gasteiger charge is -2.24. The van der Waals surface area contributed by atoms with E-state index in [-0.39, 0.29) is 19.0 Å². The highest BCUT2D eigenvalue weighted by atomic mass is 16.6. The number of hydrogen-bond donors (Lipinski definition) is 2. The third kappa shape index (κ3) is 4.22. The van der Waals surface area contributed by atoms with Crippen LogP contribution < -0.4 is 5.32 Å². The molecular weight excluding hydrogens is 224 g/mol. The smallest absolute Gasteiger partial charge is 0.410 e. The summed E-state index contributed by atoms with van der Waals surface area (Å²) < 4.78 is 5.19. The molecule has 1 rings (SSSR count). The fraction of sp³-hybridized carbons (Fsp3) is 0.818. The molecule has 1 heterocycles. The molecule has 6 nitrogen and oxygen atoms in total. The average Bonchev–Trinajstić information content (AvgIpc) is 2.44. The van der Waals surface area contributed by atoms with Crippen LogP contribution in [0.15, 0.2) is 0 Å². The number of nitrogens with zero attached hydrogens (tertiary/aromatic N) is 1. The van der Waals surface area contributed by atoms with E-state index in [9.17, 15) is 14.7 Å². The first-order valence-electron chi connectivity index (χ1n) is 5.62. The highest BCUT2D eigenvalue weighted by Gasteiger charge is 2.36. The Kier molecular flexibility index (Phi) is 3.98. The van der Waals surface area contributed by atoms with Crippen LogP contribution in [0.1, 0.15) is 27.7 Å². The Morgan fingerprint density at radius 3 is 2.41 bits per heavy atom.